The Labute approximate surface area is 106 Å². The molecule has 1 aliphatic rings. The molecule has 1 fully saturated rings. The van der Waals surface area contributed by atoms with Gasteiger partial charge in [0.15, 0.2) is 0 Å². The van der Waals surface area contributed by atoms with Crippen molar-refractivity contribution in [2.24, 2.45) is 0 Å². The maximum atomic E-state index is 4.54. The first-order chi connectivity index (χ1) is 8.85. The van der Waals surface area contributed by atoms with Crippen LogP contribution in [0.2, 0.25) is 0 Å². The fraction of sp³-hybridized carbons (Fsp3) is 0.308. The molecule has 0 radical (unpaired) electrons. The fourth-order valence-corrected chi connectivity index (χ4v) is 1.72. The summed E-state index contributed by atoms with van der Waals surface area (Å²) >= 11 is 0. The van der Waals surface area contributed by atoms with Gasteiger partial charge in [-0.05, 0) is 25.0 Å². The normalized spacial score (nSPS) is 14.3. The molecule has 2 N–H and O–H groups in total. The Balaban J connectivity index is 1.97. The highest BCUT2D eigenvalue weighted by Crippen LogP contribution is 2.25. The summed E-state index contributed by atoms with van der Waals surface area (Å²) in [6, 6.07) is 6.38. The maximum absolute atomic E-state index is 4.54. The van der Waals surface area contributed by atoms with Crippen LogP contribution in [0.5, 0.6) is 0 Å². The van der Waals surface area contributed by atoms with Crippen LogP contribution in [-0.4, -0.2) is 28.0 Å². The van der Waals surface area contributed by atoms with E-state index in [0.29, 0.717) is 12.0 Å². The minimum Gasteiger partial charge on any atom is -0.373 e. The van der Waals surface area contributed by atoms with Gasteiger partial charge in [-0.15, -0.1) is 0 Å². The van der Waals surface area contributed by atoms with Crippen molar-refractivity contribution in [2.75, 3.05) is 17.7 Å². The Morgan fingerprint density at radius 1 is 1.17 bits per heavy atom. The molecule has 0 unspecified atom stereocenters. The van der Waals surface area contributed by atoms with Crippen molar-refractivity contribution in [1.82, 2.24) is 15.0 Å². The van der Waals surface area contributed by atoms with E-state index in [1.54, 1.807) is 12.4 Å². The van der Waals surface area contributed by atoms with E-state index in [-0.39, 0.29) is 0 Å². The zero-order valence-corrected chi connectivity index (χ0v) is 10.2. The Morgan fingerprint density at radius 3 is 2.61 bits per heavy atom. The van der Waals surface area contributed by atoms with Gasteiger partial charge >= 0.3 is 0 Å². The summed E-state index contributed by atoms with van der Waals surface area (Å²) in [7, 11) is 1.86. The number of hydrogen-bond acceptors (Lipinski definition) is 5. The Morgan fingerprint density at radius 2 is 1.94 bits per heavy atom. The lowest BCUT2D eigenvalue weighted by molar-refractivity contribution is 1.05. The molecule has 92 valence electrons. The molecule has 2 aromatic heterocycles. The third kappa shape index (κ3) is 2.40. The summed E-state index contributed by atoms with van der Waals surface area (Å²) in [6.07, 6.45) is 5.95. The second kappa shape index (κ2) is 4.60. The number of rotatable bonds is 4. The highest BCUT2D eigenvalue weighted by atomic mass is 15.2. The maximum Gasteiger partial charge on any atom is 0.225 e. The van der Waals surface area contributed by atoms with Crippen molar-refractivity contribution >= 4 is 11.8 Å². The van der Waals surface area contributed by atoms with Crippen molar-refractivity contribution < 1.29 is 0 Å². The van der Waals surface area contributed by atoms with Gasteiger partial charge in [0, 0.05) is 37.1 Å². The van der Waals surface area contributed by atoms with Crippen LogP contribution in [0.4, 0.5) is 11.8 Å². The van der Waals surface area contributed by atoms with Crippen LogP contribution in [-0.2, 0) is 0 Å². The number of anilines is 2. The van der Waals surface area contributed by atoms with Gasteiger partial charge in [-0.1, -0.05) is 0 Å². The first kappa shape index (κ1) is 11.0. The van der Waals surface area contributed by atoms with Crippen molar-refractivity contribution in [3.63, 3.8) is 0 Å². The van der Waals surface area contributed by atoms with Gasteiger partial charge < -0.3 is 10.6 Å². The lowest BCUT2D eigenvalue weighted by atomic mass is 10.2. The summed E-state index contributed by atoms with van der Waals surface area (Å²) in [5.74, 6) is 1.51. The molecule has 0 bridgehead atoms. The van der Waals surface area contributed by atoms with E-state index in [1.165, 1.54) is 12.8 Å². The number of nitrogens with zero attached hydrogens (tertiary/aromatic N) is 3. The SMILES string of the molecule is CNc1cc(-c2ccncc2)nc(NC2CC2)n1. The second-order valence-corrected chi connectivity index (χ2v) is 4.37. The molecule has 0 amide bonds. The number of aromatic nitrogens is 3. The number of pyridine rings is 1. The average molecular weight is 241 g/mol. The van der Waals surface area contributed by atoms with E-state index in [2.05, 4.69) is 25.6 Å². The molecule has 1 aliphatic carbocycles. The van der Waals surface area contributed by atoms with Crippen molar-refractivity contribution in [3.05, 3.63) is 30.6 Å². The molecule has 2 heterocycles. The first-order valence-corrected chi connectivity index (χ1v) is 6.09. The van der Waals surface area contributed by atoms with Gasteiger partial charge in [0.1, 0.15) is 5.82 Å². The molecule has 5 nitrogen and oxygen atoms in total. The van der Waals surface area contributed by atoms with E-state index in [1.807, 2.05) is 25.2 Å². The first-order valence-electron chi connectivity index (χ1n) is 6.09. The summed E-state index contributed by atoms with van der Waals surface area (Å²) in [4.78, 5) is 13.0. The Bertz CT molecular complexity index is 536. The van der Waals surface area contributed by atoms with Gasteiger partial charge in [-0.2, -0.15) is 4.98 Å². The number of hydrogen-bond donors (Lipinski definition) is 2. The van der Waals surface area contributed by atoms with Crippen LogP contribution < -0.4 is 10.6 Å². The van der Waals surface area contributed by atoms with Crippen LogP contribution in [0.3, 0.4) is 0 Å². The summed E-state index contributed by atoms with van der Waals surface area (Å²) < 4.78 is 0. The molecule has 0 aromatic carbocycles. The molecular weight excluding hydrogens is 226 g/mol. The van der Waals surface area contributed by atoms with Crippen molar-refractivity contribution in [1.29, 1.82) is 0 Å². The Kier molecular flexibility index (Phi) is 2.80. The topological polar surface area (TPSA) is 62.7 Å². The predicted molar refractivity (Wildman–Crippen MR) is 71.5 cm³/mol. The smallest absolute Gasteiger partial charge is 0.225 e. The fourth-order valence-electron chi connectivity index (χ4n) is 1.72. The third-order valence-electron chi connectivity index (χ3n) is 2.87. The van der Waals surface area contributed by atoms with Crippen LogP contribution >= 0.6 is 0 Å². The minimum absolute atomic E-state index is 0.544. The second-order valence-electron chi connectivity index (χ2n) is 4.37. The molecule has 0 spiro atoms. The van der Waals surface area contributed by atoms with Crippen molar-refractivity contribution in [2.45, 2.75) is 18.9 Å². The molecule has 5 heteroatoms. The molecule has 18 heavy (non-hydrogen) atoms. The molecule has 0 atom stereocenters. The zero-order valence-electron chi connectivity index (χ0n) is 10.2. The van der Waals surface area contributed by atoms with E-state index < -0.39 is 0 Å². The standard InChI is InChI=1S/C13H15N5/c1-14-12-8-11(9-4-6-15-7-5-9)17-13(18-12)16-10-2-3-10/h4-8,10H,2-3H2,1H3,(H2,14,16,17,18). The predicted octanol–water partition coefficient (Wildman–Crippen LogP) is 2.15. The average Bonchev–Trinajstić information content (AvgIpc) is 3.23. The molecule has 0 saturated heterocycles. The zero-order chi connectivity index (χ0) is 12.4. The van der Waals surface area contributed by atoms with Gasteiger partial charge in [0.25, 0.3) is 0 Å². The van der Waals surface area contributed by atoms with E-state index >= 15 is 0 Å². The van der Waals surface area contributed by atoms with Crippen LogP contribution in [0.1, 0.15) is 12.8 Å². The summed E-state index contributed by atoms with van der Waals surface area (Å²) in [5, 5.41) is 6.39. The van der Waals surface area contributed by atoms with Crippen LogP contribution in [0.15, 0.2) is 30.6 Å². The largest absolute Gasteiger partial charge is 0.373 e. The van der Waals surface area contributed by atoms with Gasteiger partial charge in [0.05, 0.1) is 5.69 Å². The van der Waals surface area contributed by atoms with Crippen LogP contribution in [0.25, 0.3) is 11.3 Å². The minimum atomic E-state index is 0.544. The van der Waals surface area contributed by atoms with E-state index in [9.17, 15) is 0 Å². The van der Waals surface area contributed by atoms with Gasteiger partial charge in [0.2, 0.25) is 5.95 Å². The lowest BCUT2D eigenvalue weighted by Crippen LogP contribution is -2.07. The number of nitrogens with one attached hydrogen (secondary N) is 2. The molecule has 3 rings (SSSR count). The monoisotopic (exact) mass is 241 g/mol. The summed E-state index contributed by atoms with van der Waals surface area (Å²) in [6.45, 7) is 0. The van der Waals surface area contributed by atoms with E-state index in [4.69, 9.17) is 0 Å². The quantitative estimate of drug-likeness (QED) is 0.858. The van der Waals surface area contributed by atoms with E-state index in [0.717, 1.165) is 17.1 Å². The summed E-state index contributed by atoms with van der Waals surface area (Å²) in [5.41, 5.74) is 1.95. The van der Waals surface area contributed by atoms with Gasteiger partial charge in [-0.25, -0.2) is 4.98 Å². The van der Waals surface area contributed by atoms with Crippen LogP contribution in [0, 0.1) is 0 Å². The van der Waals surface area contributed by atoms with Crippen molar-refractivity contribution in [3.8, 4) is 11.3 Å². The van der Waals surface area contributed by atoms with Gasteiger partial charge in [-0.3, -0.25) is 4.98 Å². The molecule has 1 saturated carbocycles. The molecule has 0 aliphatic heterocycles. The Hall–Kier alpha value is -2.17. The molecular formula is C13H15N5. The highest BCUT2D eigenvalue weighted by Gasteiger charge is 2.22. The highest BCUT2D eigenvalue weighted by molar-refractivity contribution is 5.63. The molecule has 2 aromatic rings. The third-order valence-corrected chi connectivity index (χ3v) is 2.87. The lowest BCUT2D eigenvalue weighted by Gasteiger charge is -2.08.